The van der Waals surface area contributed by atoms with Crippen molar-refractivity contribution in [2.75, 3.05) is 20.3 Å². The molecule has 4 heteroatoms. The number of nitrogens with two attached hydrogens (primary N) is 1. The van der Waals surface area contributed by atoms with Crippen molar-refractivity contribution in [2.45, 2.75) is 38.8 Å². The molecular formula is C11H22N2O2. The fourth-order valence-corrected chi connectivity index (χ4v) is 2.19. The second-order valence-electron chi connectivity index (χ2n) is 4.57. The Morgan fingerprint density at radius 1 is 1.60 bits per heavy atom. The van der Waals surface area contributed by atoms with Gasteiger partial charge in [-0.05, 0) is 25.7 Å². The smallest absolute Gasteiger partial charge is 0.239 e. The Balaban J connectivity index is 2.45. The molecule has 1 heterocycles. The van der Waals surface area contributed by atoms with Crippen molar-refractivity contribution in [2.24, 2.45) is 11.7 Å². The van der Waals surface area contributed by atoms with Crippen LogP contribution in [0.2, 0.25) is 0 Å². The Bertz CT molecular complexity index is 221. The molecule has 0 spiro atoms. The minimum Gasteiger partial charge on any atom is -0.385 e. The van der Waals surface area contributed by atoms with E-state index in [0.29, 0.717) is 25.0 Å². The summed E-state index contributed by atoms with van der Waals surface area (Å²) in [5.74, 6) is 0.669. The second kappa shape index (κ2) is 5.47. The van der Waals surface area contributed by atoms with Gasteiger partial charge >= 0.3 is 0 Å². The first-order valence-corrected chi connectivity index (χ1v) is 5.61. The summed E-state index contributed by atoms with van der Waals surface area (Å²) in [6, 6.07) is -0.0706. The van der Waals surface area contributed by atoms with Crippen molar-refractivity contribution < 1.29 is 9.53 Å². The van der Waals surface area contributed by atoms with Gasteiger partial charge in [-0.15, -0.1) is 0 Å². The molecule has 0 bridgehead atoms. The first kappa shape index (κ1) is 12.5. The monoisotopic (exact) mass is 214 g/mol. The maximum atomic E-state index is 12.0. The third-order valence-electron chi connectivity index (χ3n) is 3.02. The summed E-state index contributed by atoms with van der Waals surface area (Å²) in [6.07, 6.45) is 1.69. The lowest BCUT2D eigenvalue weighted by atomic mass is 10.1. The maximum absolute atomic E-state index is 12.0. The summed E-state index contributed by atoms with van der Waals surface area (Å²) in [6.45, 7) is 5.65. The molecule has 0 aromatic carbocycles. The Kier molecular flexibility index (Phi) is 4.54. The number of carbonyl (C=O) groups is 1. The van der Waals surface area contributed by atoms with E-state index >= 15 is 0 Å². The molecule has 1 saturated heterocycles. The van der Waals surface area contributed by atoms with Crippen LogP contribution in [-0.4, -0.2) is 43.2 Å². The normalized spacial score (nSPS) is 28.1. The van der Waals surface area contributed by atoms with Crippen LogP contribution in [0.1, 0.15) is 26.7 Å². The Morgan fingerprint density at radius 3 is 2.73 bits per heavy atom. The van der Waals surface area contributed by atoms with E-state index in [1.165, 1.54) is 0 Å². The van der Waals surface area contributed by atoms with E-state index in [1.807, 2.05) is 4.90 Å². The molecule has 4 nitrogen and oxygen atoms in total. The zero-order valence-corrected chi connectivity index (χ0v) is 9.90. The van der Waals surface area contributed by atoms with Gasteiger partial charge in [0, 0.05) is 26.3 Å². The largest absolute Gasteiger partial charge is 0.385 e. The van der Waals surface area contributed by atoms with Crippen molar-refractivity contribution in [1.29, 1.82) is 0 Å². The van der Waals surface area contributed by atoms with Gasteiger partial charge in [0.1, 0.15) is 0 Å². The van der Waals surface area contributed by atoms with Crippen LogP contribution in [0.15, 0.2) is 0 Å². The molecule has 1 aliphatic rings. The zero-order valence-electron chi connectivity index (χ0n) is 9.90. The van der Waals surface area contributed by atoms with Gasteiger partial charge in [-0.2, -0.15) is 0 Å². The van der Waals surface area contributed by atoms with Gasteiger partial charge in [-0.3, -0.25) is 4.79 Å². The number of nitrogens with zero attached hydrogens (tertiary/aromatic N) is 1. The molecule has 0 aliphatic carbocycles. The lowest BCUT2D eigenvalue weighted by Gasteiger charge is -2.24. The summed E-state index contributed by atoms with van der Waals surface area (Å²) in [5.41, 5.74) is 5.82. The number of rotatable bonds is 4. The van der Waals surface area contributed by atoms with Crippen molar-refractivity contribution >= 4 is 5.91 Å². The van der Waals surface area contributed by atoms with Crippen LogP contribution in [-0.2, 0) is 9.53 Å². The summed E-state index contributed by atoms with van der Waals surface area (Å²) in [4.78, 5) is 13.9. The Morgan fingerprint density at radius 2 is 2.27 bits per heavy atom. The minimum atomic E-state index is -0.405. The fraction of sp³-hybridized carbons (Fsp3) is 0.909. The van der Waals surface area contributed by atoms with Gasteiger partial charge in [-0.25, -0.2) is 0 Å². The van der Waals surface area contributed by atoms with Crippen LogP contribution in [0.5, 0.6) is 0 Å². The van der Waals surface area contributed by atoms with Gasteiger partial charge in [0.2, 0.25) is 5.91 Å². The van der Waals surface area contributed by atoms with E-state index in [-0.39, 0.29) is 5.91 Å². The standard InChI is InChI=1S/C11H22N2O2/c1-8-6-9(2)13(7-8)11(14)10(12)4-5-15-3/h8-10H,4-7,12H2,1-3H3. The predicted molar refractivity (Wildman–Crippen MR) is 59.4 cm³/mol. The molecule has 15 heavy (non-hydrogen) atoms. The molecule has 1 amide bonds. The Labute approximate surface area is 91.8 Å². The lowest BCUT2D eigenvalue weighted by molar-refractivity contribution is -0.133. The van der Waals surface area contributed by atoms with Gasteiger partial charge in [0.05, 0.1) is 6.04 Å². The van der Waals surface area contributed by atoms with Crippen LogP contribution in [0, 0.1) is 5.92 Å². The molecule has 3 atom stereocenters. The van der Waals surface area contributed by atoms with Crippen LogP contribution in [0.4, 0.5) is 0 Å². The fourth-order valence-electron chi connectivity index (χ4n) is 2.19. The average Bonchev–Trinajstić information content (AvgIpc) is 2.53. The van der Waals surface area contributed by atoms with Crippen LogP contribution >= 0.6 is 0 Å². The number of amides is 1. The number of ether oxygens (including phenoxy) is 1. The van der Waals surface area contributed by atoms with E-state index in [1.54, 1.807) is 7.11 Å². The van der Waals surface area contributed by atoms with Gasteiger partial charge in [0.25, 0.3) is 0 Å². The number of hydrogen-bond donors (Lipinski definition) is 1. The quantitative estimate of drug-likeness (QED) is 0.746. The minimum absolute atomic E-state index is 0.0731. The summed E-state index contributed by atoms with van der Waals surface area (Å²) < 4.78 is 4.92. The molecule has 1 fully saturated rings. The summed E-state index contributed by atoms with van der Waals surface area (Å²) in [7, 11) is 1.62. The molecule has 0 aromatic heterocycles. The van der Waals surface area contributed by atoms with E-state index in [2.05, 4.69) is 13.8 Å². The van der Waals surface area contributed by atoms with Gasteiger partial charge < -0.3 is 15.4 Å². The highest BCUT2D eigenvalue weighted by molar-refractivity contribution is 5.82. The van der Waals surface area contributed by atoms with Crippen LogP contribution in [0.3, 0.4) is 0 Å². The van der Waals surface area contributed by atoms with Crippen molar-refractivity contribution in [3.63, 3.8) is 0 Å². The molecule has 1 aliphatic heterocycles. The summed E-state index contributed by atoms with van der Waals surface area (Å²) in [5, 5.41) is 0. The maximum Gasteiger partial charge on any atom is 0.239 e. The number of hydrogen-bond acceptors (Lipinski definition) is 3. The SMILES string of the molecule is COCCC(N)C(=O)N1CC(C)CC1C. The Hall–Kier alpha value is -0.610. The molecule has 3 unspecified atom stereocenters. The highest BCUT2D eigenvalue weighted by Gasteiger charge is 2.32. The molecule has 0 aromatic rings. The highest BCUT2D eigenvalue weighted by Crippen LogP contribution is 2.22. The first-order chi connectivity index (χ1) is 7.06. The van der Waals surface area contributed by atoms with Gasteiger partial charge in [-0.1, -0.05) is 6.92 Å². The molecule has 0 saturated carbocycles. The van der Waals surface area contributed by atoms with Crippen LogP contribution < -0.4 is 5.73 Å². The molecule has 1 rings (SSSR count). The number of likely N-dealkylation sites (tertiary alicyclic amines) is 1. The first-order valence-electron chi connectivity index (χ1n) is 5.61. The summed E-state index contributed by atoms with van der Waals surface area (Å²) >= 11 is 0. The second-order valence-corrected chi connectivity index (χ2v) is 4.57. The molecular weight excluding hydrogens is 192 g/mol. The van der Waals surface area contributed by atoms with Gasteiger partial charge in [0.15, 0.2) is 0 Å². The van der Waals surface area contributed by atoms with Crippen molar-refractivity contribution in [1.82, 2.24) is 4.90 Å². The third kappa shape index (κ3) is 3.18. The molecule has 0 radical (unpaired) electrons. The number of carbonyl (C=O) groups excluding carboxylic acids is 1. The molecule has 88 valence electrons. The average molecular weight is 214 g/mol. The molecule has 2 N–H and O–H groups in total. The van der Waals surface area contributed by atoms with Crippen molar-refractivity contribution in [3.8, 4) is 0 Å². The van der Waals surface area contributed by atoms with E-state index in [4.69, 9.17) is 10.5 Å². The predicted octanol–water partition coefficient (Wildman–Crippen LogP) is 0.607. The highest BCUT2D eigenvalue weighted by atomic mass is 16.5. The van der Waals surface area contributed by atoms with E-state index in [9.17, 15) is 4.79 Å². The lowest BCUT2D eigenvalue weighted by Crippen LogP contribution is -2.45. The topological polar surface area (TPSA) is 55.6 Å². The zero-order chi connectivity index (χ0) is 11.4. The van der Waals surface area contributed by atoms with Crippen molar-refractivity contribution in [3.05, 3.63) is 0 Å². The van der Waals surface area contributed by atoms with E-state index in [0.717, 1.165) is 13.0 Å². The number of methoxy groups -OCH3 is 1. The third-order valence-corrected chi connectivity index (χ3v) is 3.02. The van der Waals surface area contributed by atoms with E-state index < -0.39 is 6.04 Å². The van der Waals surface area contributed by atoms with Crippen LogP contribution in [0.25, 0.3) is 0 Å².